The molecule has 0 radical (unpaired) electrons. The summed E-state index contributed by atoms with van der Waals surface area (Å²) < 4.78 is 28.3. The maximum atomic E-state index is 12.7. The Morgan fingerprint density at radius 3 is 2.00 bits per heavy atom. The van der Waals surface area contributed by atoms with E-state index < -0.39 is 15.6 Å². The van der Waals surface area contributed by atoms with Crippen LogP contribution in [0.3, 0.4) is 0 Å². The lowest BCUT2D eigenvalue weighted by molar-refractivity contribution is 0.280. The summed E-state index contributed by atoms with van der Waals surface area (Å²) in [6.07, 6.45) is 2.24. The number of aryl methyl sites for hydroxylation is 2. The quantitative estimate of drug-likeness (QED) is 0.813. The van der Waals surface area contributed by atoms with Gasteiger partial charge in [-0.25, -0.2) is 13.1 Å². The highest BCUT2D eigenvalue weighted by molar-refractivity contribution is 7.89. The zero-order valence-corrected chi connectivity index (χ0v) is 14.5. The number of rotatable bonds is 7. The molecule has 0 aliphatic carbocycles. The van der Waals surface area contributed by atoms with Gasteiger partial charge in [-0.1, -0.05) is 26.8 Å². The number of nitrogens with one attached hydrogen (secondary N) is 1. The van der Waals surface area contributed by atoms with Crippen molar-refractivity contribution in [3.05, 3.63) is 28.8 Å². The van der Waals surface area contributed by atoms with Crippen molar-refractivity contribution in [1.29, 1.82) is 0 Å². The molecule has 0 aliphatic rings. The minimum atomic E-state index is -3.60. The maximum Gasteiger partial charge on any atom is 0.241 e. The van der Waals surface area contributed by atoms with Crippen LogP contribution < -0.4 is 4.72 Å². The zero-order valence-electron chi connectivity index (χ0n) is 13.7. The Bertz CT molecular complexity index is 582. The van der Waals surface area contributed by atoms with Crippen LogP contribution in [0.1, 0.15) is 56.7 Å². The molecule has 0 atom stereocenters. The fourth-order valence-corrected chi connectivity index (χ4v) is 4.53. The van der Waals surface area contributed by atoms with Crippen LogP contribution in [0.2, 0.25) is 0 Å². The fourth-order valence-electron chi connectivity index (χ4n) is 2.64. The minimum Gasteiger partial charge on any atom is -0.392 e. The van der Waals surface area contributed by atoms with Gasteiger partial charge in [-0.2, -0.15) is 0 Å². The Morgan fingerprint density at radius 2 is 1.57 bits per heavy atom. The molecular weight excluding hydrogens is 286 g/mol. The molecule has 0 saturated heterocycles. The molecule has 0 spiro atoms. The Hall–Kier alpha value is -0.910. The molecule has 0 bridgehead atoms. The van der Waals surface area contributed by atoms with Crippen LogP contribution in [0, 0.1) is 13.8 Å². The second-order valence-electron chi connectivity index (χ2n) is 5.65. The Kier molecular flexibility index (Phi) is 5.96. The van der Waals surface area contributed by atoms with E-state index in [1.807, 2.05) is 33.8 Å². The average Bonchev–Trinajstić information content (AvgIpc) is 2.44. The van der Waals surface area contributed by atoms with E-state index in [1.165, 1.54) is 0 Å². The van der Waals surface area contributed by atoms with Gasteiger partial charge in [-0.3, -0.25) is 0 Å². The van der Waals surface area contributed by atoms with Crippen LogP contribution in [-0.4, -0.2) is 19.1 Å². The summed E-state index contributed by atoms with van der Waals surface area (Å²) in [5, 5.41) is 9.36. The molecule has 2 N–H and O–H groups in total. The van der Waals surface area contributed by atoms with Gasteiger partial charge in [0.2, 0.25) is 10.0 Å². The van der Waals surface area contributed by atoms with Gasteiger partial charge in [-0.15, -0.1) is 0 Å². The summed E-state index contributed by atoms with van der Waals surface area (Å²) >= 11 is 0. The largest absolute Gasteiger partial charge is 0.392 e. The first-order valence-corrected chi connectivity index (χ1v) is 8.98. The number of sulfonamides is 1. The van der Waals surface area contributed by atoms with Crippen LogP contribution in [0.15, 0.2) is 17.0 Å². The summed E-state index contributed by atoms with van der Waals surface area (Å²) in [5.41, 5.74) is 1.85. The van der Waals surface area contributed by atoms with Crippen LogP contribution >= 0.6 is 0 Å². The molecule has 0 amide bonds. The van der Waals surface area contributed by atoms with Gasteiger partial charge in [0.05, 0.1) is 11.5 Å². The molecule has 0 saturated carbocycles. The number of hydrogen-bond acceptors (Lipinski definition) is 3. The highest BCUT2D eigenvalue weighted by Crippen LogP contribution is 2.26. The van der Waals surface area contributed by atoms with Crippen molar-refractivity contribution in [2.75, 3.05) is 0 Å². The lowest BCUT2D eigenvalue weighted by Crippen LogP contribution is -2.47. The lowest BCUT2D eigenvalue weighted by Gasteiger charge is -2.31. The number of benzene rings is 1. The molecule has 1 rings (SSSR count). The Labute approximate surface area is 128 Å². The standard InChI is InChI=1S/C16H27NO3S/c1-6-16(7-2,8-3)17-21(19,20)15-10-14(11-18)12(4)9-13(15)5/h9-10,17-18H,6-8,11H2,1-5H3. The van der Waals surface area contributed by atoms with Crippen LogP contribution in [0.5, 0.6) is 0 Å². The van der Waals surface area contributed by atoms with Crippen molar-refractivity contribution in [3.63, 3.8) is 0 Å². The van der Waals surface area contributed by atoms with Gasteiger partial charge in [0.15, 0.2) is 0 Å². The number of aliphatic hydroxyl groups is 1. The Morgan fingerprint density at radius 1 is 1.05 bits per heavy atom. The second kappa shape index (κ2) is 6.90. The first-order chi connectivity index (χ1) is 9.75. The third kappa shape index (κ3) is 3.84. The summed E-state index contributed by atoms with van der Waals surface area (Å²) in [5.74, 6) is 0. The van der Waals surface area contributed by atoms with Crippen LogP contribution in [-0.2, 0) is 16.6 Å². The molecule has 0 heterocycles. The van der Waals surface area contributed by atoms with E-state index in [-0.39, 0.29) is 11.5 Å². The van der Waals surface area contributed by atoms with E-state index in [9.17, 15) is 13.5 Å². The van der Waals surface area contributed by atoms with Crippen LogP contribution in [0.25, 0.3) is 0 Å². The molecule has 0 aliphatic heterocycles. The Balaban J connectivity index is 3.31. The number of hydrogen-bond donors (Lipinski definition) is 2. The molecule has 4 nitrogen and oxygen atoms in total. The molecule has 5 heteroatoms. The minimum absolute atomic E-state index is 0.158. The molecule has 0 unspecified atom stereocenters. The summed E-state index contributed by atoms with van der Waals surface area (Å²) in [6.45, 7) is 9.49. The molecule has 21 heavy (non-hydrogen) atoms. The summed E-state index contributed by atoms with van der Waals surface area (Å²) in [4.78, 5) is 0.261. The van der Waals surface area contributed by atoms with Crippen molar-refractivity contribution in [2.24, 2.45) is 0 Å². The van der Waals surface area contributed by atoms with E-state index in [4.69, 9.17) is 0 Å². The second-order valence-corrected chi connectivity index (χ2v) is 7.30. The third-order valence-corrected chi connectivity index (χ3v) is 6.20. The SMILES string of the molecule is CCC(CC)(CC)NS(=O)(=O)c1cc(CO)c(C)cc1C. The molecule has 1 aromatic carbocycles. The van der Waals surface area contributed by atoms with Crippen LogP contribution in [0.4, 0.5) is 0 Å². The molecule has 0 fully saturated rings. The molecule has 120 valence electrons. The lowest BCUT2D eigenvalue weighted by atomic mass is 9.91. The number of aliphatic hydroxyl groups excluding tert-OH is 1. The first-order valence-electron chi connectivity index (χ1n) is 7.50. The average molecular weight is 313 g/mol. The smallest absolute Gasteiger partial charge is 0.241 e. The first kappa shape index (κ1) is 18.1. The van der Waals surface area contributed by atoms with Crippen molar-refractivity contribution >= 4 is 10.0 Å². The molecular formula is C16H27NO3S. The fraction of sp³-hybridized carbons (Fsp3) is 0.625. The highest BCUT2D eigenvalue weighted by Gasteiger charge is 2.31. The van der Waals surface area contributed by atoms with Crippen molar-refractivity contribution in [3.8, 4) is 0 Å². The van der Waals surface area contributed by atoms with E-state index in [1.54, 1.807) is 13.0 Å². The topological polar surface area (TPSA) is 66.4 Å². The highest BCUT2D eigenvalue weighted by atomic mass is 32.2. The van der Waals surface area contributed by atoms with Crippen molar-refractivity contribution in [1.82, 2.24) is 4.72 Å². The van der Waals surface area contributed by atoms with Gasteiger partial charge in [0.1, 0.15) is 0 Å². The van der Waals surface area contributed by atoms with Gasteiger partial charge in [0.25, 0.3) is 0 Å². The van der Waals surface area contributed by atoms with Crippen molar-refractivity contribution < 1.29 is 13.5 Å². The van der Waals surface area contributed by atoms with E-state index in [2.05, 4.69) is 4.72 Å². The summed E-state index contributed by atoms with van der Waals surface area (Å²) in [6, 6.07) is 3.39. The van der Waals surface area contributed by atoms with Gasteiger partial charge >= 0.3 is 0 Å². The van der Waals surface area contributed by atoms with E-state index in [0.29, 0.717) is 11.1 Å². The predicted octanol–water partition coefficient (Wildman–Crippen LogP) is 3.04. The summed E-state index contributed by atoms with van der Waals surface area (Å²) in [7, 11) is -3.60. The third-order valence-electron chi connectivity index (χ3n) is 4.47. The predicted molar refractivity (Wildman–Crippen MR) is 85.8 cm³/mol. The monoisotopic (exact) mass is 313 g/mol. The molecule has 1 aromatic rings. The van der Waals surface area contributed by atoms with E-state index in [0.717, 1.165) is 24.8 Å². The van der Waals surface area contributed by atoms with Gasteiger partial charge in [0, 0.05) is 5.54 Å². The van der Waals surface area contributed by atoms with Gasteiger partial charge in [-0.05, 0) is 55.9 Å². The maximum absolute atomic E-state index is 12.7. The molecule has 0 aromatic heterocycles. The zero-order chi connectivity index (χ0) is 16.3. The normalized spacial score (nSPS) is 12.7. The van der Waals surface area contributed by atoms with Gasteiger partial charge < -0.3 is 5.11 Å². The van der Waals surface area contributed by atoms with E-state index >= 15 is 0 Å². The van der Waals surface area contributed by atoms with Crippen molar-refractivity contribution in [2.45, 2.75) is 70.9 Å².